The van der Waals surface area contributed by atoms with Gasteiger partial charge in [0.2, 0.25) is 0 Å². The van der Waals surface area contributed by atoms with Crippen LogP contribution in [0.5, 0.6) is 0 Å². The van der Waals surface area contributed by atoms with Gasteiger partial charge in [0.1, 0.15) is 11.3 Å². The summed E-state index contributed by atoms with van der Waals surface area (Å²) in [7, 11) is 0. The molecule has 212 valence electrons. The molecule has 41 heavy (non-hydrogen) atoms. The number of anilines is 4. The topological polar surface area (TPSA) is 103 Å². The van der Waals surface area contributed by atoms with Crippen LogP contribution in [0.25, 0.3) is 21.5 Å². The molecule has 4 aromatic carbocycles. The van der Waals surface area contributed by atoms with Gasteiger partial charge >= 0.3 is 0 Å². The molecule has 7 rings (SSSR count). The van der Waals surface area contributed by atoms with Crippen molar-refractivity contribution in [2.24, 2.45) is 0 Å². The van der Waals surface area contributed by atoms with Gasteiger partial charge in [0.05, 0.1) is 6.61 Å². The smallest absolute Gasteiger partial charge is 0.129 e. The lowest BCUT2D eigenvalue weighted by molar-refractivity contribution is -0.535. The third kappa shape index (κ3) is 3.83. The van der Waals surface area contributed by atoms with Gasteiger partial charge in [-0.2, -0.15) is 0 Å². The molecule has 0 spiro atoms. The van der Waals surface area contributed by atoms with E-state index in [-0.39, 0.29) is 0 Å². The number of benzene rings is 4. The van der Waals surface area contributed by atoms with E-state index in [1.54, 1.807) is 0 Å². The number of nitrogens with one attached hydrogen (secondary N) is 4. The molecule has 2 heterocycles. The summed E-state index contributed by atoms with van der Waals surface area (Å²) in [5.41, 5.74) is 5.01. The molecule has 4 unspecified atom stereocenters. The predicted octanol–water partition coefficient (Wildman–Crippen LogP) is 5.05. The standard InChI is InChI=1S/C34H36N4O3/c1-6-41-17-33(4)35-23-11-7-9-19-13-15-21(29(37-33)25(19)23)27-31(39)28(32(27)40)22-16-14-20-10-8-12-24-26(20)30(22)38-34(5,36-24)18(2)3/h7-16,27-28,31-32,35-38H,2,6,17H2,1,3-5H3/q-2. The van der Waals surface area contributed by atoms with Crippen LogP contribution in [-0.2, 0) is 4.74 Å². The van der Waals surface area contributed by atoms with Crippen molar-refractivity contribution in [3.05, 3.63) is 83.9 Å². The van der Waals surface area contributed by atoms with Crippen molar-refractivity contribution in [1.82, 2.24) is 0 Å². The number of rotatable bonds is 6. The van der Waals surface area contributed by atoms with Gasteiger partial charge in [-0.05, 0) is 79.1 Å². The van der Waals surface area contributed by atoms with Crippen LogP contribution >= 0.6 is 0 Å². The molecule has 4 atom stereocenters. The minimum absolute atomic E-state index is 0.437. The van der Waals surface area contributed by atoms with Crippen molar-refractivity contribution >= 4 is 44.3 Å². The van der Waals surface area contributed by atoms with E-state index in [9.17, 15) is 10.2 Å². The van der Waals surface area contributed by atoms with E-state index >= 15 is 0 Å². The summed E-state index contributed by atoms with van der Waals surface area (Å²) < 4.78 is 5.79. The van der Waals surface area contributed by atoms with E-state index in [1.807, 2.05) is 76.2 Å². The lowest BCUT2D eigenvalue weighted by Crippen LogP contribution is -2.64. The van der Waals surface area contributed by atoms with Crippen molar-refractivity contribution in [3.8, 4) is 0 Å². The summed E-state index contributed by atoms with van der Waals surface area (Å²) in [6.45, 7) is 13.3. The largest absolute Gasteiger partial charge is 0.851 e. The van der Waals surface area contributed by atoms with Crippen LogP contribution in [0.2, 0.25) is 0 Å². The molecule has 1 fully saturated rings. The Hall–Kier alpha value is -3.78. The summed E-state index contributed by atoms with van der Waals surface area (Å²) in [4.78, 5) is 0. The van der Waals surface area contributed by atoms with Crippen LogP contribution in [0.4, 0.5) is 22.7 Å². The maximum Gasteiger partial charge on any atom is 0.129 e. The van der Waals surface area contributed by atoms with Gasteiger partial charge in [-0.3, -0.25) is 0 Å². The third-order valence-electron chi connectivity index (χ3n) is 9.31. The fourth-order valence-electron chi connectivity index (χ4n) is 6.95. The monoisotopic (exact) mass is 548 g/mol. The van der Waals surface area contributed by atoms with E-state index < -0.39 is 35.4 Å². The van der Waals surface area contributed by atoms with Crippen LogP contribution in [0.3, 0.4) is 0 Å². The van der Waals surface area contributed by atoms with Gasteiger partial charge in [-0.25, -0.2) is 0 Å². The molecule has 4 aromatic rings. The van der Waals surface area contributed by atoms with Crippen LogP contribution in [0.15, 0.2) is 72.8 Å². The molecule has 3 aliphatic rings. The van der Waals surface area contributed by atoms with E-state index in [0.29, 0.717) is 13.2 Å². The van der Waals surface area contributed by atoms with Crippen LogP contribution in [-0.4, -0.2) is 36.7 Å². The Bertz CT molecular complexity index is 1710. The third-order valence-corrected chi connectivity index (χ3v) is 9.31. The van der Waals surface area contributed by atoms with Gasteiger partial charge in [-0.15, -0.1) is 12.2 Å². The molecule has 1 aliphatic carbocycles. The average Bonchev–Trinajstić information content (AvgIpc) is 2.94. The van der Waals surface area contributed by atoms with Crippen molar-refractivity contribution in [2.75, 3.05) is 34.5 Å². The second kappa shape index (κ2) is 9.11. The Morgan fingerprint density at radius 1 is 0.780 bits per heavy atom. The average molecular weight is 549 g/mol. The quantitative estimate of drug-likeness (QED) is 0.250. The molecule has 0 aromatic heterocycles. The van der Waals surface area contributed by atoms with E-state index in [4.69, 9.17) is 4.74 Å². The SMILES string of the molecule is C=C(C)C1(C)Nc2cccc3ccc(C4C([O-])C(c5ccc6cccc7c6c5NC(C)(COCC)N7)C4[O-])c(c23)N1. The molecule has 0 amide bonds. The molecule has 1 saturated carbocycles. The second-order valence-corrected chi connectivity index (χ2v) is 12.2. The number of ether oxygens (including phenoxy) is 1. The molecule has 4 N–H and O–H groups in total. The highest BCUT2D eigenvalue weighted by atomic mass is 16.5. The maximum absolute atomic E-state index is 14.2. The minimum Gasteiger partial charge on any atom is -0.851 e. The molecule has 0 bridgehead atoms. The highest BCUT2D eigenvalue weighted by Gasteiger charge is 2.43. The van der Waals surface area contributed by atoms with Crippen molar-refractivity contribution < 1.29 is 14.9 Å². The zero-order valence-corrected chi connectivity index (χ0v) is 23.9. The molecular weight excluding hydrogens is 512 g/mol. The Kier molecular flexibility index (Phi) is 5.81. The predicted molar refractivity (Wildman–Crippen MR) is 164 cm³/mol. The highest BCUT2D eigenvalue weighted by molar-refractivity contribution is 6.08. The first-order valence-corrected chi connectivity index (χ1v) is 14.4. The Labute approximate surface area is 240 Å². The lowest BCUT2D eigenvalue weighted by atomic mass is 9.62. The van der Waals surface area contributed by atoms with E-state index in [2.05, 4.69) is 40.0 Å². The fraction of sp³-hybridized carbons (Fsp3) is 0.353. The molecule has 7 heteroatoms. The summed E-state index contributed by atoms with van der Waals surface area (Å²) in [5.74, 6) is -1.33. The first kappa shape index (κ1) is 26.1. The molecule has 0 radical (unpaired) electrons. The van der Waals surface area contributed by atoms with Crippen LogP contribution in [0.1, 0.15) is 50.7 Å². The van der Waals surface area contributed by atoms with E-state index in [0.717, 1.165) is 61.0 Å². The van der Waals surface area contributed by atoms with Crippen molar-refractivity contribution in [3.63, 3.8) is 0 Å². The maximum atomic E-state index is 14.2. The second-order valence-electron chi connectivity index (χ2n) is 12.2. The van der Waals surface area contributed by atoms with Gasteiger partial charge in [0.15, 0.2) is 0 Å². The van der Waals surface area contributed by atoms with Crippen molar-refractivity contribution in [2.45, 2.75) is 63.1 Å². The summed E-state index contributed by atoms with van der Waals surface area (Å²) in [5, 5.41) is 46.9. The molecule has 7 nitrogen and oxygen atoms in total. The van der Waals surface area contributed by atoms with E-state index in [1.165, 1.54) is 0 Å². The normalized spacial score (nSPS) is 29.6. The molecular formula is C34H36N4O3-2. The van der Waals surface area contributed by atoms with Gasteiger partial charge in [0.25, 0.3) is 0 Å². The number of hydrogen-bond donors (Lipinski definition) is 4. The summed E-state index contributed by atoms with van der Waals surface area (Å²) >= 11 is 0. The molecule has 2 aliphatic heterocycles. The van der Waals surface area contributed by atoms with Gasteiger partial charge in [-0.1, -0.05) is 55.1 Å². The Morgan fingerprint density at radius 3 is 1.85 bits per heavy atom. The highest BCUT2D eigenvalue weighted by Crippen LogP contribution is 2.54. The Balaban J connectivity index is 1.30. The van der Waals surface area contributed by atoms with Gasteiger partial charge < -0.3 is 36.2 Å². The zero-order valence-electron chi connectivity index (χ0n) is 23.9. The Morgan fingerprint density at radius 2 is 1.32 bits per heavy atom. The zero-order chi connectivity index (χ0) is 28.7. The minimum atomic E-state index is -1.08. The first-order valence-electron chi connectivity index (χ1n) is 14.4. The van der Waals surface area contributed by atoms with Gasteiger partial charge in [0, 0.05) is 40.1 Å². The lowest BCUT2D eigenvalue weighted by Gasteiger charge is -2.62. The molecule has 0 saturated heterocycles. The first-order chi connectivity index (χ1) is 19.6. The van der Waals surface area contributed by atoms with Crippen molar-refractivity contribution in [1.29, 1.82) is 0 Å². The summed E-state index contributed by atoms with van der Waals surface area (Å²) in [6, 6.07) is 20.2. The summed E-state index contributed by atoms with van der Waals surface area (Å²) in [6.07, 6.45) is -2.16. The van der Waals surface area contributed by atoms with Crippen LogP contribution < -0.4 is 31.5 Å². The van der Waals surface area contributed by atoms with Crippen LogP contribution in [0, 0.1) is 0 Å². The number of hydrogen-bond acceptors (Lipinski definition) is 7. The fourth-order valence-corrected chi connectivity index (χ4v) is 6.95.